The minimum absolute atomic E-state index is 0.104. The van der Waals surface area contributed by atoms with E-state index in [0.29, 0.717) is 29.0 Å². The Bertz CT molecular complexity index is 970. The van der Waals surface area contributed by atoms with Gasteiger partial charge in [-0.2, -0.15) is 4.98 Å². The second-order valence-electron chi connectivity index (χ2n) is 4.58. The first-order valence-corrected chi connectivity index (χ1v) is 6.42. The van der Waals surface area contributed by atoms with Gasteiger partial charge in [-0.3, -0.25) is 9.78 Å². The van der Waals surface area contributed by atoms with E-state index in [0.717, 1.165) is 0 Å². The molecule has 4 aromatic heterocycles. The molecule has 0 aromatic carbocycles. The summed E-state index contributed by atoms with van der Waals surface area (Å²) in [7, 11) is 0. The van der Waals surface area contributed by atoms with Gasteiger partial charge in [-0.1, -0.05) is 0 Å². The summed E-state index contributed by atoms with van der Waals surface area (Å²) in [5, 5.41) is 4.88. The molecule has 0 N–H and O–H groups in total. The minimum atomic E-state index is -0.104. The molecule has 7 heteroatoms. The minimum Gasteiger partial charge on any atom is -0.307 e. The highest BCUT2D eigenvalue weighted by Crippen LogP contribution is 2.06. The summed E-state index contributed by atoms with van der Waals surface area (Å²) < 4.78 is 3.15. The number of aromatic nitrogens is 6. The second kappa shape index (κ2) is 4.48. The molecule has 0 saturated carbocycles. The molecule has 4 rings (SSSR count). The lowest BCUT2D eigenvalue weighted by molar-refractivity contribution is 0.717. The van der Waals surface area contributed by atoms with E-state index in [2.05, 4.69) is 20.1 Å². The summed E-state index contributed by atoms with van der Waals surface area (Å²) in [6.45, 7) is 0.299. The molecule has 0 fully saturated rings. The standard InChI is InChI=1S/C14H10N6O/c21-13-10-3-1-5-15-11(10)4-8-19(13)9-12-17-14-16-6-2-7-20(14)18-12/h1-8H,9H2. The Morgan fingerprint density at radius 3 is 2.86 bits per heavy atom. The predicted molar refractivity (Wildman–Crippen MR) is 75.9 cm³/mol. The van der Waals surface area contributed by atoms with Gasteiger partial charge in [-0.15, -0.1) is 5.10 Å². The van der Waals surface area contributed by atoms with Crippen molar-refractivity contribution < 1.29 is 0 Å². The second-order valence-corrected chi connectivity index (χ2v) is 4.58. The van der Waals surface area contributed by atoms with Crippen molar-refractivity contribution in [2.75, 3.05) is 0 Å². The molecule has 0 atom stereocenters. The van der Waals surface area contributed by atoms with E-state index in [9.17, 15) is 4.79 Å². The van der Waals surface area contributed by atoms with E-state index in [1.165, 1.54) is 0 Å². The third kappa shape index (κ3) is 1.95. The van der Waals surface area contributed by atoms with Crippen LogP contribution < -0.4 is 5.56 Å². The van der Waals surface area contributed by atoms with Crippen LogP contribution in [0.1, 0.15) is 5.82 Å². The van der Waals surface area contributed by atoms with Crippen molar-refractivity contribution in [1.82, 2.24) is 29.1 Å². The molecule has 0 bridgehead atoms. The molecule has 7 nitrogen and oxygen atoms in total. The van der Waals surface area contributed by atoms with Crippen molar-refractivity contribution in [3.63, 3.8) is 0 Å². The van der Waals surface area contributed by atoms with E-state index < -0.39 is 0 Å². The van der Waals surface area contributed by atoms with Gasteiger partial charge in [-0.25, -0.2) is 9.50 Å². The normalized spacial score (nSPS) is 11.2. The van der Waals surface area contributed by atoms with E-state index in [1.807, 2.05) is 6.07 Å². The fourth-order valence-corrected chi connectivity index (χ4v) is 2.23. The Morgan fingerprint density at radius 1 is 1.05 bits per heavy atom. The monoisotopic (exact) mass is 278 g/mol. The molecular weight excluding hydrogens is 268 g/mol. The Labute approximate surface area is 118 Å². The van der Waals surface area contributed by atoms with Gasteiger partial charge >= 0.3 is 0 Å². The number of nitrogens with zero attached hydrogens (tertiary/aromatic N) is 6. The maximum absolute atomic E-state index is 12.4. The molecule has 4 heterocycles. The third-order valence-corrected chi connectivity index (χ3v) is 3.21. The Hall–Kier alpha value is -3.09. The average Bonchev–Trinajstić information content (AvgIpc) is 2.93. The zero-order chi connectivity index (χ0) is 14.2. The largest absolute Gasteiger partial charge is 0.307 e. The fraction of sp³-hybridized carbons (Fsp3) is 0.0714. The van der Waals surface area contributed by atoms with E-state index in [1.54, 1.807) is 52.1 Å². The summed E-state index contributed by atoms with van der Waals surface area (Å²) in [6.07, 6.45) is 6.80. The number of rotatable bonds is 2. The maximum Gasteiger partial charge on any atom is 0.260 e. The Balaban J connectivity index is 1.80. The van der Waals surface area contributed by atoms with Gasteiger partial charge in [0.1, 0.15) is 0 Å². The first-order chi connectivity index (χ1) is 10.3. The molecule has 0 aliphatic carbocycles. The molecule has 0 unspecified atom stereocenters. The van der Waals surface area contributed by atoms with Crippen molar-refractivity contribution in [1.29, 1.82) is 0 Å². The van der Waals surface area contributed by atoms with Gasteiger partial charge in [0.05, 0.1) is 17.4 Å². The predicted octanol–water partition coefficient (Wildman–Crippen LogP) is 0.882. The molecule has 0 saturated heterocycles. The Kier molecular flexibility index (Phi) is 2.50. The number of hydrogen-bond acceptors (Lipinski definition) is 5. The molecule has 4 aromatic rings. The van der Waals surface area contributed by atoms with Crippen LogP contribution in [0.4, 0.5) is 0 Å². The summed E-state index contributed by atoms with van der Waals surface area (Å²) >= 11 is 0. The van der Waals surface area contributed by atoms with Crippen molar-refractivity contribution in [3.05, 3.63) is 65.2 Å². The van der Waals surface area contributed by atoms with Crippen molar-refractivity contribution >= 4 is 16.7 Å². The lowest BCUT2D eigenvalue weighted by atomic mass is 10.2. The van der Waals surface area contributed by atoms with Crippen LogP contribution in [0.5, 0.6) is 0 Å². The highest BCUT2D eigenvalue weighted by atomic mass is 16.1. The van der Waals surface area contributed by atoms with E-state index in [-0.39, 0.29) is 5.56 Å². The number of fused-ring (bicyclic) bond motifs is 2. The molecule has 0 amide bonds. The Morgan fingerprint density at radius 2 is 1.95 bits per heavy atom. The molecule has 0 spiro atoms. The molecule has 0 aliphatic heterocycles. The zero-order valence-corrected chi connectivity index (χ0v) is 10.9. The van der Waals surface area contributed by atoms with Crippen molar-refractivity contribution in [3.8, 4) is 0 Å². The molecule has 102 valence electrons. The van der Waals surface area contributed by atoms with Crippen LogP contribution in [0, 0.1) is 0 Å². The van der Waals surface area contributed by atoms with Crippen LogP contribution in [0.15, 0.2) is 53.8 Å². The lowest BCUT2D eigenvalue weighted by Gasteiger charge is -2.03. The maximum atomic E-state index is 12.4. The van der Waals surface area contributed by atoms with Gasteiger partial charge in [-0.05, 0) is 24.3 Å². The lowest BCUT2D eigenvalue weighted by Crippen LogP contribution is -2.20. The quantitative estimate of drug-likeness (QED) is 0.544. The summed E-state index contributed by atoms with van der Waals surface area (Å²) in [5.41, 5.74) is 0.579. The third-order valence-electron chi connectivity index (χ3n) is 3.21. The first kappa shape index (κ1) is 11.7. The fourth-order valence-electron chi connectivity index (χ4n) is 2.23. The summed E-state index contributed by atoms with van der Waals surface area (Å²) in [4.78, 5) is 25.0. The smallest absolute Gasteiger partial charge is 0.260 e. The van der Waals surface area contributed by atoms with E-state index in [4.69, 9.17) is 0 Å². The van der Waals surface area contributed by atoms with Crippen LogP contribution in [-0.2, 0) is 6.54 Å². The van der Waals surface area contributed by atoms with Gasteiger partial charge < -0.3 is 4.57 Å². The number of hydrogen-bond donors (Lipinski definition) is 0. The van der Waals surface area contributed by atoms with Crippen LogP contribution >= 0.6 is 0 Å². The highest BCUT2D eigenvalue weighted by Gasteiger charge is 2.08. The zero-order valence-electron chi connectivity index (χ0n) is 10.9. The molecule has 0 aliphatic rings. The first-order valence-electron chi connectivity index (χ1n) is 6.42. The summed E-state index contributed by atoms with van der Waals surface area (Å²) in [6, 6.07) is 7.10. The topological polar surface area (TPSA) is 78.0 Å². The van der Waals surface area contributed by atoms with Gasteiger partial charge in [0.25, 0.3) is 11.3 Å². The number of pyridine rings is 2. The van der Waals surface area contributed by atoms with Gasteiger partial charge in [0.2, 0.25) is 0 Å². The van der Waals surface area contributed by atoms with E-state index >= 15 is 0 Å². The average molecular weight is 278 g/mol. The molecule has 21 heavy (non-hydrogen) atoms. The van der Waals surface area contributed by atoms with Crippen LogP contribution in [-0.4, -0.2) is 29.1 Å². The molecule has 0 radical (unpaired) electrons. The van der Waals surface area contributed by atoms with Crippen LogP contribution in [0.25, 0.3) is 16.7 Å². The van der Waals surface area contributed by atoms with Crippen molar-refractivity contribution in [2.45, 2.75) is 6.54 Å². The van der Waals surface area contributed by atoms with Crippen LogP contribution in [0.3, 0.4) is 0 Å². The van der Waals surface area contributed by atoms with Crippen LogP contribution in [0.2, 0.25) is 0 Å². The summed E-state index contributed by atoms with van der Waals surface area (Å²) in [5.74, 6) is 1.06. The molecular formula is C14H10N6O. The van der Waals surface area contributed by atoms with Gasteiger partial charge in [0.15, 0.2) is 5.82 Å². The van der Waals surface area contributed by atoms with Gasteiger partial charge in [0, 0.05) is 24.8 Å². The van der Waals surface area contributed by atoms with Crippen molar-refractivity contribution in [2.24, 2.45) is 0 Å². The highest BCUT2D eigenvalue weighted by molar-refractivity contribution is 5.76. The SMILES string of the molecule is O=c1c2cccnc2ccn1Cc1nc2ncccn2n1.